The van der Waals surface area contributed by atoms with Crippen LogP contribution in [0.4, 0.5) is 0 Å². The first kappa shape index (κ1) is 12.6. The minimum atomic E-state index is -0.400. The van der Waals surface area contributed by atoms with Crippen molar-refractivity contribution < 1.29 is 9.53 Å². The topological polar surface area (TPSA) is 44.1 Å². The predicted molar refractivity (Wildman–Crippen MR) is 69.3 cm³/mol. The maximum Gasteiger partial charge on any atom is 0.359 e. The summed E-state index contributed by atoms with van der Waals surface area (Å²) in [6, 6.07) is 7.23. The summed E-state index contributed by atoms with van der Waals surface area (Å²) < 4.78 is 6.58. The highest BCUT2D eigenvalue weighted by Gasteiger charge is 2.15. The minimum absolute atomic E-state index is 0.339. The number of nitrogens with zero attached hydrogens (tertiary/aromatic N) is 2. The number of esters is 1. The smallest absolute Gasteiger partial charge is 0.359 e. The number of halogens is 1. The first-order valence-electron chi connectivity index (χ1n) is 5.61. The second-order valence-electron chi connectivity index (χ2n) is 3.80. The minimum Gasteiger partial charge on any atom is -0.461 e. The monoisotopic (exact) mass is 264 g/mol. The van der Waals surface area contributed by atoms with Crippen LogP contribution in [0.15, 0.2) is 30.5 Å². The highest BCUT2D eigenvalue weighted by molar-refractivity contribution is 6.30. The molecule has 0 N–H and O–H groups in total. The lowest BCUT2D eigenvalue weighted by molar-refractivity contribution is 0.0518. The molecule has 0 bridgehead atoms. The largest absolute Gasteiger partial charge is 0.461 e. The van der Waals surface area contributed by atoms with E-state index in [1.807, 2.05) is 19.1 Å². The van der Waals surface area contributed by atoms with Crippen molar-refractivity contribution in [2.24, 2.45) is 0 Å². The van der Waals surface area contributed by atoms with E-state index in [2.05, 4.69) is 5.10 Å². The molecule has 0 unspecified atom stereocenters. The number of carbonyl (C=O) groups is 1. The molecule has 0 aliphatic carbocycles. The number of carbonyl (C=O) groups excluding carboxylic acids is 1. The third-order valence-corrected chi connectivity index (χ3v) is 2.71. The Labute approximate surface area is 110 Å². The Morgan fingerprint density at radius 2 is 2.06 bits per heavy atom. The molecule has 4 nitrogen and oxygen atoms in total. The van der Waals surface area contributed by atoms with Crippen LogP contribution in [0.2, 0.25) is 5.02 Å². The molecule has 0 saturated carbocycles. The fraction of sp³-hybridized carbons (Fsp3) is 0.231. The molecule has 0 aliphatic heterocycles. The molecule has 94 valence electrons. The van der Waals surface area contributed by atoms with E-state index >= 15 is 0 Å². The molecule has 1 aromatic heterocycles. The first-order chi connectivity index (χ1) is 8.61. The van der Waals surface area contributed by atoms with E-state index in [-0.39, 0.29) is 0 Å². The van der Waals surface area contributed by atoms with E-state index in [9.17, 15) is 4.79 Å². The molecule has 0 aliphatic rings. The van der Waals surface area contributed by atoms with Crippen molar-refractivity contribution in [1.82, 2.24) is 9.78 Å². The Kier molecular flexibility index (Phi) is 3.67. The van der Waals surface area contributed by atoms with Crippen LogP contribution in [-0.4, -0.2) is 22.4 Å². The van der Waals surface area contributed by atoms with Crippen LogP contribution in [0.25, 0.3) is 5.69 Å². The van der Waals surface area contributed by atoms with Crippen molar-refractivity contribution in [2.75, 3.05) is 6.61 Å². The summed E-state index contributed by atoms with van der Waals surface area (Å²) in [4.78, 5) is 11.6. The van der Waals surface area contributed by atoms with Crippen molar-refractivity contribution in [3.63, 3.8) is 0 Å². The van der Waals surface area contributed by atoms with Gasteiger partial charge in [-0.1, -0.05) is 11.6 Å². The van der Waals surface area contributed by atoms with Crippen molar-refractivity contribution in [2.45, 2.75) is 13.8 Å². The third-order valence-electron chi connectivity index (χ3n) is 2.46. The van der Waals surface area contributed by atoms with E-state index in [4.69, 9.17) is 16.3 Å². The van der Waals surface area contributed by atoms with Gasteiger partial charge < -0.3 is 4.74 Å². The maximum absolute atomic E-state index is 11.6. The summed E-state index contributed by atoms with van der Waals surface area (Å²) in [6.07, 6.45) is 1.79. The number of ether oxygens (including phenoxy) is 1. The van der Waals surface area contributed by atoms with Gasteiger partial charge in [-0.2, -0.15) is 5.10 Å². The van der Waals surface area contributed by atoms with Gasteiger partial charge in [-0.3, -0.25) is 0 Å². The van der Waals surface area contributed by atoms with Crippen LogP contribution in [-0.2, 0) is 4.74 Å². The highest BCUT2D eigenvalue weighted by Crippen LogP contribution is 2.15. The molecule has 0 atom stereocenters. The van der Waals surface area contributed by atoms with Gasteiger partial charge in [-0.25, -0.2) is 9.48 Å². The summed E-state index contributed by atoms with van der Waals surface area (Å²) >= 11 is 5.82. The summed E-state index contributed by atoms with van der Waals surface area (Å²) in [5.74, 6) is -0.400. The van der Waals surface area contributed by atoms with E-state index in [1.165, 1.54) is 0 Å². The van der Waals surface area contributed by atoms with Crippen LogP contribution in [0, 0.1) is 6.92 Å². The van der Waals surface area contributed by atoms with Gasteiger partial charge in [-0.05, 0) is 38.1 Å². The molecular weight excluding hydrogens is 252 g/mol. The summed E-state index contributed by atoms with van der Waals surface area (Å²) in [7, 11) is 0. The molecule has 5 heteroatoms. The fourth-order valence-electron chi connectivity index (χ4n) is 1.59. The average Bonchev–Trinajstić information content (AvgIpc) is 2.72. The first-order valence-corrected chi connectivity index (χ1v) is 5.99. The van der Waals surface area contributed by atoms with E-state index < -0.39 is 5.97 Å². The number of aromatic nitrogens is 2. The van der Waals surface area contributed by atoms with Gasteiger partial charge >= 0.3 is 5.97 Å². The molecule has 0 spiro atoms. The number of hydrogen-bond acceptors (Lipinski definition) is 3. The number of aryl methyl sites for hydroxylation is 1. The van der Waals surface area contributed by atoms with Gasteiger partial charge in [0, 0.05) is 16.8 Å². The van der Waals surface area contributed by atoms with Crippen LogP contribution in [0.1, 0.15) is 23.0 Å². The third kappa shape index (κ3) is 2.54. The van der Waals surface area contributed by atoms with Crippen molar-refractivity contribution in [3.8, 4) is 5.69 Å². The fourth-order valence-corrected chi connectivity index (χ4v) is 1.71. The zero-order valence-electron chi connectivity index (χ0n) is 10.2. The van der Waals surface area contributed by atoms with Crippen molar-refractivity contribution in [1.29, 1.82) is 0 Å². The molecule has 0 saturated heterocycles. The second-order valence-corrected chi connectivity index (χ2v) is 4.24. The molecule has 1 aromatic carbocycles. The quantitative estimate of drug-likeness (QED) is 0.801. The van der Waals surface area contributed by atoms with Crippen molar-refractivity contribution in [3.05, 3.63) is 46.7 Å². The molecule has 0 amide bonds. The Bertz CT molecular complexity index is 561. The van der Waals surface area contributed by atoms with E-state index in [0.717, 1.165) is 11.3 Å². The van der Waals surface area contributed by atoms with Crippen molar-refractivity contribution >= 4 is 17.6 Å². The average molecular weight is 265 g/mol. The molecular formula is C13H13ClN2O2. The molecule has 1 heterocycles. The SMILES string of the molecule is CCOC(=O)c1nn(-c2ccc(Cl)cc2)cc1C. The van der Waals surface area contributed by atoms with Crippen LogP contribution >= 0.6 is 11.6 Å². The maximum atomic E-state index is 11.6. The lowest BCUT2D eigenvalue weighted by Gasteiger charge is -2.01. The highest BCUT2D eigenvalue weighted by atomic mass is 35.5. The van der Waals surface area contributed by atoms with Gasteiger partial charge in [0.25, 0.3) is 0 Å². The predicted octanol–water partition coefficient (Wildman–Crippen LogP) is 3.01. The zero-order chi connectivity index (χ0) is 13.1. The Hall–Kier alpha value is -1.81. The van der Waals surface area contributed by atoms with Gasteiger partial charge in [0.1, 0.15) is 0 Å². The standard InChI is InChI=1S/C13H13ClN2O2/c1-3-18-13(17)12-9(2)8-16(15-12)11-6-4-10(14)5-7-11/h4-8H,3H2,1-2H3. The number of benzene rings is 1. The van der Waals surface area contributed by atoms with Crippen LogP contribution < -0.4 is 0 Å². The summed E-state index contributed by atoms with van der Waals surface area (Å²) in [6.45, 7) is 3.93. The number of rotatable bonds is 3. The molecule has 2 aromatic rings. The second kappa shape index (κ2) is 5.23. The molecule has 18 heavy (non-hydrogen) atoms. The summed E-state index contributed by atoms with van der Waals surface area (Å²) in [5.41, 5.74) is 1.97. The number of hydrogen-bond donors (Lipinski definition) is 0. The Morgan fingerprint density at radius 3 is 2.67 bits per heavy atom. The lowest BCUT2D eigenvalue weighted by Crippen LogP contribution is -2.07. The summed E-state index contributed by atoms with van der Waals surface area (Å²) in [5, 5.41) is 4.89. The van der Waals surface area contributed by atoms with Crippen LogP contribution in [0.5, 0.6) is 0 Å². The lowest BCUT2D eigenvalue weighted by atomic mass is 10.3. The molecule has 2 rings (SSSR count). The molecule has 0 radical (unpaired) electrons. The van der Waals surface area contributed by atoms with Gasteiger partial charge in [0.05, 0.1) is 12.3 Å². The van der Waals surface area contributed by atoms with Gasteiger partial charge in [0.2, 0.25) is 0 Å². The molecule has 0 fully saturated rings. The Balaban J connectivity index is 2.34. The zero-order valence-corrected chi connectivity index (χ0v) is 10.9. The van der Waals surface area contributed by atoms with Gasteiger partial charge in [0.15, 0.2) is 5.69 Å². The van der Waals surface area contributed by atoms with Crippen LogP contribution in [0.3, 0.4) is 0 Å². The van der Waals surface area contributed by atoms with Gasteiger partial charge in [-0.15, -0.1) is 0 Å². The van der Waals surface area contributed by atoms with E-state index in [1.54, 1.807) is 29.9 Å². The van der Waals surface area contributed by atoms with E-state index in [0.29, 0.717) is 17.3 Å². The normalized spacial score (nSPS) is 10.4. The Morgan fingerprint density at radius 1 is 1.39 bits per heavy atom.